The van der Waals surface area contributed by atoms with E-state index < -0.39 is 0 Å². The molecule has 0 fully saturated rings. The number of rotatable bonds is 8. The fourth-order valence-electron chi connectivity index (χ4n) is 3.50. The van der Waals surface area contributed by atoms with E-state index in [0.717, 1.165) is 49.6 Å². The van der Waals surface area contributed by atoms with Crippen molar-refractivity contribution in [1.82, 2.24) is 15.1 Å². The summed E-state index contributed by atoms with van der Waals surface area (Å²) in [5.74, 6) is 0.597. The van der Waals surface area contributed by atoms with Gasteiger partial charge in [0, 0.05) is 38.1 Å². The number of nitrogens with zero attached hydrogens (tertiary/aromatic N) is 2. The van der Waals surface area contributed by atoms with Crippen LogP contribution in [0.15, 0.2) is 24.3 Å². The van der Waals surface area contributed by atoms with Crippen LogP contribution in [0.4, 0.5) is 5.69 Å². The van der Waals surface area contributed by atoms with Crippen molar-refractivity contribution in [3.8, 4) is 0 Å². The highest BCUT2D eigenvalue weighted by molar-refractivity contribution is 5.90. The molecule has 2 N–H and O–H groups in total. The normalized spacial score (nSPS) is 14.4. The summed E-state index contributed by atoms with van der Waals surface area (Å²) < 4.78 is 4.96. The highest BCUT2D eigenvalue weighted by Crippen LogP contribution is 2.24. The molecule has 2 aromatic rings. The van der Waals surface area contributed by atoms with Gasteiger partial charge in [-0.25, -0.2) is 0 Å². The van der Waals surface area contributed by atoms with E-state index in [1.54, 1.807) is 7.11 Å². The minimum Gasteiger partial charge on any atom is -0.384 e. The van der Waals surface area contributed by atoms with E-state index in [4.69, 9.17) is 4.74 Å². The average molecular weight is 370 g/mol. The summed E-state index contributed by atoms with van der Waals surface area (Å²) in [6.45, 7) is 7.65. The van der Waals surface area contributed by atoms with Gasteiger partial charge in [0.05, 0.1) is 18.7 Å². The second kappa shape index (κ2) is 9.15. The molecule has 27 heavy (non-hydrogen) atoms. The van der Waals surface area contributed by atoms with Crippen molar-refractivity contribution in [1.29, 1.82) is 0 Å². The smallest absolute Gasteiger partial charge is 0.226 e. The molecule has 1 amide bonds. The molecular formula is C21H30N4O2. The Kier molecular flexibility index (Phi) is 6.63. The number of methoxy groups -OCH3 is 1. The highest BCUT2D eigenvalue weighted by Gasteiger charge is 2.18. The van der Waals surface area contributed by atoms with Crippen LogP contribution in [0.5, 0.6) is 0 Å². The Balaban J connectivity index is 1.60. The predicted molar refractivity (Wildman–Crippen MR) is 107 cm³/mol. The van der Waals surface area contributed by atoms with E-state index >= 15 is 0 Å². The first-order valence-corrected chi connectivity index (χ1v) is 9.69. The van der Waals surface area contributed by atoms with Crippen LogP contribution in [-0.2, 0) is 35.5 Å². The fraction of sp³-hybridized carbons (Fsp3) is 0.524. The molecule has 0 bridgehead atoms. The van der Waals surface area contributed by atoms with E-state index in [2.05, 4.69) is 52.5 Å². The first-order valence-electron chi connectivity index (χ1n) is 9.69. The standard InChI is InChI=1S/C21H30N4O2/c1-15(2)10-19-12-20(24-23-19)14-25-8-6-16-4-5-18(11-17(16)13-25)22-21(26)7-9-27-3/h4-5,11-12,15H,6-10,13-14H2,1-3H3,(H,22,26)(H,23,24). The average Bonchev–Trinajstić information content (AvgIpc) is 3.05. The van der Waals surface area contributed by atoms with Gasteiger partial charge in [0.15, 0.2) is 0 Å². The Morgan fingerprint density at radius 3 is 2.96 bits per heavy atom. The molecule has 0 unspecified atom stereocenters. The number of anilines is 1. The zero-order chi connectivity index (χ0) is 19.2. The van der Waals surface area contributed by atoms with Gasteiger partial charge in [-0.15, -0.1) is 0 Å². The lowest BCUT2D eigenvalue weighted by molar-refractivity contribution is -0.117. The number of aromatic nitrogens is 2. The maximum Gasteiger partial charge on any atom is 0.226 e. The van der Waals surface area contributed by atoms with Crippen LogP contribution in [0, 0.1) is 5.92 Å². The van der Waals surface area contributed by atoms with Crippen LogP contribution in [-0.4, -0.2) is 41.3 Å². The van der Waals surface area contributed by atoms with Crippen molar-refractivity contribution in [3.05, 3.63) is 46.8 Å². The number of fused-ring (bicyclic) bond motifs is 1. The van der Waals surface area contributed by atoms with Crippen LogP contribution in [0.25, 0.3) is 0 Å². The highest BCUT2D eigenvalue weighted by atomic mass is 16.5. The minimum atomic E-state index is -0.0143. The van der Waals surface area contributed by atoms with Crippen LogP contribution in [0.1, 0.15) is 42.8 Å². The monoisotopic (exact) mass is 370 g/mol. The van der Waals surface area contributed by atoms with Crippen molar-refractivity contribution in [2.75, 3.05) is 25.6 Å². The van der Waals surface area contributed by atoms with E-state index in [1.165, 1.54) is 11.1 Å². The van der Waals surface area contributed by atoms with Gasteiger partial charge in [-0.05, 0) is 48.1 Å². The van der Waals surface area contributed by atoms with Crippen molar-refractivity contribution >= 4 is 11.6 Å². The summed E-state index contributed by atoms with van der Waals surface area (Å²) in [7, 11) is 1.60. The number of nitrogens with one attached hydrogen (secondary N) is 2. The lowest BCUT2D eigenvalue weighted by Gasteiger charge is -2.28. The van der Waals surface area contributed by atoms with Crippen molar-refractivity contribution in [2.45, 2.75) is 46.2 Å². The van der Waals surface area contributed by atoms with Gasteiger partial charge in [-0.2, -0.15) is 5.10 Å². The first-order chi connectivity index (χ1) is 13.0. The fourth-order valence-corrected chi connectivity index (χ4v) is 3.50. The molecule has 1 aromatic carbocycles. The molecule has 0 spiro atoms. The van der Waals surface area contributed by atoms with Crippen LogP contribution in [0.3, 0.4) is 0 Å². The third-order valence-electron chi connectivity index (χ3n) is 4.81. The number of aromatic amines is 1. The summed E-state index contributed by atoms with van der Waals surface area (Å²) in [4.78, 5) is 14.3. The molecule has 0 atom stereocenters. The van der Waals surface area contributed by atoms with E-state index in [0.29, 0.717) is 18.9 Å². The van der Waals surface area contributed by atoms with E-state index in [9.17, 15) is 4.79 Å². The Bertz CT molecular complexity index is 769. The van der Waals surface area contributed by atoms with Crippen molar-refractivity contribution in [2.24, 2.45) is 5.92 Å². The zero-order valence-electron chi connectivity index (χ0n) is 16.5. The number of amides is 1. The maximum atomic E-state index is 11.9. The molecule has 0 radical (unpaired) electrons. The lowest BCUT2D eigenvalue weighted by atomic mass is 9.99. The SMILES string of the molecule is COCCC(=O)Nc1ccc2c(c1)CN(Cc1cc(CC(C)C)n[nH]1)CC2. The zero-order valence-corrected chi connectivity index (χ0v) is 16.5. The third-order valence-corrected chi connectivity index (χ3v) is 4.81. The summed E-state index contributed by atoms with van der Waals surface area (Å²) in [5, 5.41) is 10.6. The third kappa shape index (κ3) is 5.65. The summed E-state index contributed by atoms with van der Waals surface area (Å²) in [5.41, 5.74) is 5.81. The molecule has 2 heterocycles. The lowest BCUT2D eigenvalue weighted by Crippen LogP contribution is -2.30. The van der Waals surface area contributed by atoms with Gasteiger partial charge in [0.25, 0.3) is 0 Å². The maximum absolute atomic E-state index is 11.9. The number of hydrogen-bond donors (Lipinski definition) is 2. The number of carbonyl (C=O) groups excluding carboxylic acids is 1. The molecule has 146 valence electrons. The van der Waals surface area contributed by atoms with E-state index in [-0.39, 0.29) is 5.91 Å². The first kappa shape index (κ1) is 19.6. The molecule has 6 heteroatoms. The Hall–Kier alpha value is -2.18. The quantitative estimate of drug-likeness (QED) is 0.749. The minimum absolute atomic E-state index is 0.0143. The number of carbonyl (C=O) groups is 1. The molecule has 0 saturated carbocycles. The second-order valence-electron chi connectivity index (χ2n) is 7.72. The van der Waals surface area contributed by atoms with Gasteiger partial charge in [-0.1, -0.05) is 19.9 Å². The van der Waals surface area contributed by atoms with Gasteiger partial charge in [0.1, 0.15) is 0 Å². The van der Waals surface area contributed by atoms with Crippen molar-refractivity contribution < 1.29 is 9.53 Å². The molecule has 3 rings (SSSR count). The molecule has 6 nitrogen and oxygen atoms in total. The summed E-state index contributed by atoms with van der Waals surface area (Å²) in [6.07, 6.45) is 2.41. The molecule has 1 aliphatic rings. The number of benzene rings is 1. The largest absolute Gasteiger partial charge is 0.384 e. The van der Waals surface area contributed by atoms with Crippen LogP contribution in [0.2, 0.25) is 0 Å². The molecule has 1 aliphatic heterocycles. The van der Waals surface area contributed by atoms with Gasteiger partial charge < -0.3 is 10.1 Å². The molecule has 1 aromatic heterocycles. The predicted octanol–water partition coefficient (Wildman–Crippen LogP) is 3.14. The van der Waals surface area contributed by atoms with Crippen LogP contribution < -0.4 is 5.32 Å². The van der Waals surface area contributed by atoms with Crippen molar-refractivity contribution in [3.63, 3.8) is 0 Å². The molecular weight excluding hydrogens is 340 g/mol. The second-order valence-corrected chi connectivity index (χ2v) is 7.72. The number of H-pyrrole nitrogens is 1. The topological polar surface area (TPSA) is 70.2 Å². The van der Waals surface area contributed by atoms with Gasteiger partial charge in [0.2, 0.25) is 5.91 Å². The Morgan fingerprint density at radius 2 is 2.19 bits per heavy atom. The van der Waals surface area contributed by atoms with Gasteiger partial charge in [-0.3, -0.25) is 14.8 Å². The summed E-state index contributed by atoms with van der Waals surface area (Å²) in [6, 6.07) is 8.41. The Labute approximate surface area is 161 Å². The number of hydrogen-bond acceptors (Lipinski definition) is 4. The van der Waals surface area contributed by atoms with Gasteiger partial charge >= 0.3 is 0 Å². The molecule has 0 saturated heterocycles. The molecule has 0 aliphatic carbocycles. The van der Waals surface area contributed by atoms with Crippen LogP contribution >= 0.6 is 0 Å². The summed E-state index contributed by atoms with van der Waals surface area (Å²) >= 11 is 0. The number of ether oxygens (including phenoxy) is 1. The van der Waals surface area contributed by atoms with E-state index in [1.807, 2.05) is 6.07 Å². The Morgan fingerprint density at radius 1 is 1.33 bits per heavy atom.